The van der Waals surface area contributed by atoms with Crippen molar-refractivity contribution in [2.75, 3.05) is 14.2 Å². The van der Waals surface area contributed by atoms with Crippen LogP contribution < -0.4 is 25.2 Å². The molecule has 3 aromatic carbocycles. The van der Waals surface area contributed by atoms with Crippen molar-refractivity contribution in [1.82, 2.24) is 4.57 Å². The monoisotopic (exact) mass is 551 g/mol. The van der Waals surface area contributed by atoms with Gasteiger partial charge in [-0.25, -0.2) is 0 Å². The lowest BCUT2D eigenvalue weighted by molar-refractivity contribution is -0.135. The Bertz CT molecular complexity index is 2040. The Morgan fingerprint density at radius 1 is 1.00 bits per heavy atom. The number of esters is 1. The summed E-state index contributed by atoms with van der Waals surface area (Å²) in [6.45, 7) is 0.574. The van der Waals surface area contributed by atoms with E-state index in [1.54, 1.807) is 22.8 Å². The molecule has 206 valence electrons. The number of hydrogen-bond acceptors (Lipinski definition) is 8. The number of ether oxygens (including phenoxy) is 3. The molecule has 1 atom stereocenters. The van der Waals surface area contributed by atoms with Crippen LogP contribution in [0, 0.1) is 0 Å². The van der Waals surface area contributed by atoms with Crippen molar-refractivity contribution in [1.29, 1.82) is 0 Å². The van der Waals surface area contributed by atoms with Crippen LogP contribution in [0.3, 0.4) is 0 Å². The molecule has 2 aliphatic heterocycles. The maximum atomic E-state index is 13.9. The Hall–Kier alpha value is -5.05. The van der Waals surface area contributed by atoms with Gasteiger partial charge in [-0.2, -0.15) is 0 Å². The van der Waals surface area contributed by atoms with Crippen LogP contribution in [0.4, 0.5) is 0 Å². The molecule has 0 unspecified atom stereocenters. The number of rotatable bonds is 4. The first-order chi connectivity index (χ1) is 19.9. The number of aryl methyl sites for hydroxylation is 2. The molecule has 9 heteroatoms. The topological polar surface area (TPSA) is 117 Å². The van der Waals surface area contributed by atoms with Crippen molar-refractivity contribution >= 4 is 27.8 Å². The average Bonchev–Trinajstić information content (AvgIpc) is 2.98. The summed E-state index contributed by atoms with van der Waals surface area (Å²) in [5.41, 5.74) is 2.90. The van der Waals surface area contributed by atoms with Gasteiger partial charge in [-0.15, -0.1) is 0 Å². The first-order valence-electron chi connectivity index (χ1n) is 13.3. The zero-order valence-corrected chi connectivity index (χ0v) is 22.4. The summed E-state index contributed by atoms with van der Waals surface area (Å²) in [7, 11) is 3.01. The molecule has 2 aromatic heterocycles. The molecular weight excluding hydrogens is 526 g/mol. The number of methoxy groups -OCH3 is 2. The molecule has 0 bridgehead atoms. The van der Waals surface area contributed by atoms with Crippen LogP contribution in [-0.4, -0.2) is 29.9 Å². The van der Waals surface area contributed by atoms with E-state index in [2.05, 4.69) is 0 Å². The Labute approximate surface area is 233 Å². The van der Waals surface area contributed by atoms with Gasteiger partial charge in [0.05, 0.1) is 31.7 Å². The van der Waals surface area contributed by atoms with Gasteiger partial charge in [0.2, 0.25) is 5.43 Å². The number of carbonyl (C=O) groups is 1. The fourth-order valence-corrected chi connectivity index (χ4v) is 6.24. The van der Waals surface area contributed by atoms with E-state index in [1.165, 1.54) is 26.5 Å². The molecule has 4 heterocycles. The first-order valence-corrected chi connectivity index (χ1v) is 13.3. The quantitative estimate of drug-likeness (QED) is 0.248. The minimum absolute atomic E-state index is 0.0603. The fraction of sp³-hybridized carbons (Fsp3) is 0.219. The highest BCUT2D eigenvalue weighted by atomic mass is 16.5. The lowest BCUT2D eigenvalue weighted by Crippen LogP contribution is -2.31. The third-order valence-corrected chi connectivity index (χ3v) is 8.09. The number of pyridine rings is 1. The van der Waals surface area contributed by atoms with Gasteiger partial charge in [-0.1, -0.05) is 24.3 Å². The summed E-state index contributed by atoms with van der Waals surface area (Å²) < 4.78 is 24.0. The number of para-hydroxylation sites is 1. The van der Waals surface area contributed by atoms with E-state index in [9.17, 15) is 19.5 Å². The van der Waals surface area contributed by atoms with Crippen LogP contribution in [0.15, 0.2) is 68.8 Å². The van der Waals surface area contributed by atoms with Crippen molar-refractivity contribution < 1.29 is 28.5 Å². The van der Waals surface area contributed by atoms with E-state index in [1.807, 2.05) is 24.3 Å². The van der Waals surface area contributed by atoms with Crippen LogP contribution in [0.1, 0.15) is 35.4 Å². The van der Waals surface area contributed by atoms with Crippen LogP contribution in [0.2, 0.25) is 0 Å². The Morgan fingerprint density at radius 2 is 1.83 bits per heavy atom. The number of fused-ring (bicyclic) bond motifs is 3. The Kier molecular flexibility index (Phi) is 5.64. The summed E-state index contributed by atoms with van der Waals surface area (Å²) in [6, 6.07) is 14.0. The summed E-state index contributed by atoms with van der Waals surface area (Å²) in [5, 5.41) is 11.8. The number of nitrogens with zero attached hydrogens (tertiary/aromatic N) is 1. The van der Waals surface area contributed by atoms with E-state index < -0.39 is 23.1 Å². The molecule has 0 radical (unpaired) electrons. The number of phenolic OH excluding ortho intramolecular Hbond substituents is 1. The number of aromatic nitrogens is 1. The van der Waals surface area contributed by atoms with Gasteiger partial charge < -0.3 is 28.3 Å². The van der Waals surface area contributed by atoms with E-state index in [0.717, 1.165) is 29.3 Å². The summed E-state index contributed by atoms with van der Waals surface area (Å²) in [4.78, 5) is 40.4. The zero-order chi connectivity index (χ0) is 28.4. The number of hydrogen-bond donors (Lipinski definition) is 1. The normalized spacial score (nSPS) is 16.0. The first kappa shape index (κ1) is 25.0. The second-order valence-corrected chi connectivity index (χ2v) is 10.3. The Balaban J connectivity index is 1.47. The SMILES string of the molecule is COc1ccc(-c2coc3c4c(cc(O)c3c2=O)OC(=O)C[C@H]4c2cc3cccc4c3n(c2=O)CCC4)cc1OC. The molecule has 5 aromatic rings. The Morgan fingerprint density at radius 3 is 2.63 bits per heavy atom. The molecule has 9 nitrogen and oxygen atoms in total. The summed E-state index contributed by atoms with van der Waals surface area (Å²) in [5.74, 6) is -0.692. The molecule has 0 fully saturated rings. The number of aromatic hydroxyl groups is 1. The van der Waals surface area contributed by atoms with Crippen molar-refractivity contribution in [2.45, 2.75) is 31.7 Å². The highest BCUT2D eigenvalue weighted by molar-refractivity contribution is 5.94. The van der Waals surface area contributed by atoms with E-state index in [-0.39, 0.29) is 34.3 Å². The lowest BCUT2D eigenvalue weighted by Gasteiger charge is -2.27. The third kappa shape index (κ3) is 3.72. The number of benzene rings is 3. The van der Waals surface area contributed by atoms with Gasteiger partial charge in [0.1, 0.15) is 28.7 Å². The fourth-order valence-electron chi connectivity index (χ4n) is 6.24. The van der Waals surface area contributed by atoms with Gasteiger partial charge in [0.25, 0.3) is 5.56 Å². The molecular formula is C32H25NO8. The van der Waals surface area contributed by atoms with Crippen LogP contribution in [0.5, 0.6) is 23.0 Å². The third-order valence-electron chi connectivity index (χ3n) is 8.09. The van der Waals surface area contributed by atoms with Gasteiger partial charge in [0.15, 0.2) is 11.5 Å². The van der Waals surface area contributed by atoms with E-state index >= 15 is 0 Å². The van der Waals surface area contributed by atoms with Crippen molar-refractivity contribution in [2.24, 2.45) is 0 Å². The standard InChI is InChI=1S/C32H25NO8/c1-38-23-9-8-17(12-24(23)39-2)21-15-40-31-27-19(13-26(35)41-25(27)14-22(34)28(31)30(21)36)20-11-18-6-3-5-16-7-4-10-33(29(16)18)32(20)37/h3,5-6,8-9,11-12,14-15,19,34H,4,7,10,13H2,1-2H3/t19-/m0/s1. The zero-order valence-electron chi connectivity index (χ0n) is 22.4. The van der Waals surface area contributed by atoms with Gasteiger partial charge in [-0.05, 0) is 47.6 Å². The maximum Gasteiger partial charge on any atom is 0.312 e. The summed E-state index contributed by atoms with van der Waals surface area (Å²) in [6.07, 6.45) is 2.92. The minimum Gasteiger partial charge on any atom is -0.507 e. The smallest absolute Gasteiger partial charge is 0.312 e. The highest BCUT2D eigenvalue weighted by Gasteiger charge is 2.36. The summed E-state index contributed by atoms with van der Waals surface area (Å²) >= 11 is 0. The van der Waals surface area contributed by atoms with E-state index in [0.29, 0.717) is 34.7 Å². The molecule has 0 saturated heterocycles. The second-order valence-electron chi connectivity index (χ2n) is 10.3. The van der Waals surface area contributed by atoms with Gasteiger partial charge >= 0.3 is 5.97 Å². The molecule has 0 saturated carbocycles. The predicted octanol–water partition coefficient (Wildman–Crippen LogP) is 4.88. The molecule has 1 N–H and O–H groups in total. The largest absolute Gasteiger partial charge is 0.507 e. The number of phenols is 1. The lowest BCUT2D eigenvalue weighted by atomic mass is 9.84. The van der Waals surface area contributed by atoms with Gasteiger partial charge in [-0.3, -0.25) is 14.4 Å². The maximum absolute atomic E-state index is 13.9. The van der Waals surface area contributed by atoms with Crippen molar-refractivity contribution in [3.63, 3.8) is 0 Å². The highest BCUT2D eigenvalue weighted by Crippen LogP contribution is 2.45. The van der Waals surface area contributed by atoms with Crippen molar-refractivity contribution in [3.8, 4) is 34.1 Å². The molecule has 0 aliphatic carbocycles. The van der Waals surface area contributed by atoms with Crippen molar-refractivity contribution in [3.05, 3.63) is 92.1 Å². The minimum atomic E-state index is -0.740. The molecule has 2 aliphatic rings. The van der Waals surface area contributed by atoms with E-state index in [4.69, 9.17) is 18.6 Å². The molecule has 41 heavy (non-hydrogen) atoms. The van der Waals surface area contributed by atoms with Crippen LogP contribution >= 0.6 is 0 Å². The number of carbonyl (C=O) groups excluding carboxylic acids is 1. The average molecular weight is 552 g/mol. The molecule has 0 amide bonds. The predicted molar refractivity (Wildman–Crippen MR) is 151 cm³/mol. The molecule has 0 spiro atoms. The van der Waals surface area contributed by atoms with Crippen LogP contribution in [0.25, 0.3) is 33.0 Å². The van der Waals surface area contributed by atoms with Gasteiger partial charge in [0, 0.05) is 29.7 Å². The van der Waals surface area contributed by atoms with Crippen LogP contribution in [-0.2, 0) is 17.8 Å². The molecule has 7 rings (SSSR count). The second kappa shape index (κ2) is 9.26.